The lowest BCUT2D eigenvalue weighted by Gasteiger charge is -2.28. The number of alkyl halides is 3. The highest BCUT2D eigenvalue weighted by molar-refractivity contribution is 9.10. The molecule has 1 aromatic heterocycles. The van der Waals surface area contributed by atoms with E-state index in [1.807, 2.05) is 31.2 Å². The van der Waals surface area contributed by atoms with Crippen LogP contribution in [0.4, 0.5) is 19.0 Å². The van der Waals surface area contributed by atoms with E-state index >= 15 is 0 Å². The van der Waals surface area contributed by atoms with Gasteiger partial charge in [-0.2, -0.15) is 13.2 Å². The first-order chi connectivity index (χ1) is 12.7. The van der Waals surface area contributed by atoms with Crippen LogP contribution in [0, 0.1) is 0 Å². The van der Waals surface area contributed by atoms with Gasteiger partial charge < -0.3 is 5.32 Å². The minimum atomic E-state index is -4.64. The molecule has 0 aliphatic heterocycles. The molecule has 0 spiro atoms. The van der Waals surface area contributed by atoms with Crippen molar-refractivity contribution in [1.29, 1.82) is 0 Å². The summed E-state index contributed by atoms with van der Waals surface area (Å²) in [7, 11) is 0. The summed E-state index contributed by atoms with van der Waals surface area (Å²) in [5.41, 5.74) is 4.07. The molecule has 2 rings (SSSR count). The molecule has 2 aromatic rings. The molecule has 0 bridgehead atoms. The van der Waals surface area contributed by atoms with E-state index in [-0.39, 0.29) is 30.9 Å². The van der Waals surface area contributed by atoms with E-state index in [2.05, 4.69) is 36.6 Å². The van der Waals surface area contributed by atoms with Crippen LogP contribution >= 0.6 is 15.9 Å². The van der Waals surface area contributed by atoms with Gasteiger partial charge in [0.2, 0.25) is 11.7 Å². The number of benzene rings is 1. The summed E-state index contributed by atoms with van der Waals surface area (Å²) in [6, 6.07) is 8.72. The molecule has 6 nitrogen and oxygen atoms in total. The van der Waals surface area contributed by atoms with Crippen molar-refractivity contribution in [2.45, 2.75) is 26.1 Å². The van der Waals surface area contributed by atoms with E-state index in [4.69, 9.17) is 0 Å². The molecule has 1 heterocycles. The Morgan fingerprint density at radius 1 is 1.26 bits per heavy atom. The highest BCUT2D eigenvalue weighted by Crippen LogP contribution is 2.27. The SMILES string of the molecule is CC(=O)NCCN(NC(C)c1ccc(Br)cc1)c1ccnc(C(F)(F)F)n1. The summed E-state index contributed by atoms with van der Waals surface area (Å²) in [4.78, 5) is 18.0. The smallest absolute Gasteiger partial charge is 0.355 e. The minimum absolute atomic E-state index is 0.0617. The second-order valence-electron chi connectivity index (χ2n) is 5.77. The number of hydrogen-bond donors (Lipinski definition) is 2. The molecule has 1 amide bonds. The lowest BCUT2D eigenvalue weighted by atomic mass is 10.1. The van der Waals surface area contributed by atoms with Gasteiger partial charge in [0.1, 0.15) is 5.82 Å². The van der Waals surface area contributed by atoms with E-state index in [9.17, 15) is 18.0 Å². The van der Waals surface area contributed by atoms with Crippen LogP contribution in [-0.2, 0) is 11.0 Å². The third-order valence-electron chi connectivity index (χ3n) is 3.60. The number of nitrogens with zero attached hydrogens (tertiary/aromatic N) is 3. The maximum atomic E-state index is 12.9. The van der Waals surface area contributed by atoms with Crippen LogP contribution in [0.1, 0.15) is 31.3 Å². The Hall–Kier alpha value is -2.20. The number of hydrazine groups is 1. The van der Waals surface area contributed by atoms with Crippen molar-refractivity contribution in [3.8, 4) is 0 Å². The van der Waals surface area contributed by atoms with Gasteiger partial charge in [-0.05, 0) is 24.6 Å². The topological polar surface area (TPSA) is 70.2 Å². The van der Waals surface area contributed by atoms with Crippen LogP contribution in [-0.4, -0.2) is 29.0 Å². The molecule has 0 aliphatic carbocycles. The molecule has 1 atom stereocenters. The fraction of sp³-hybridized carbons (Fsp3) is 0.353. The monoisotopic (exact) mass is 445 g/mol. The molecule has 0 aliphatic rings. The van der Waals surface area contributed by atoms with Crippen LogP contribution in [0.3, 0.4) is 0 Å². The molecule has 2 N–H and O–H groups in total. The van der Waals surface area contributed by atoms with Gasteiger partial charge in [-0.25, -0.2) is 15.4 Å². The first-order valence-electron chi connectivity index (χ1n) is 8.10. The zero-order chi connectivity index (χ0) is 20.0. The Bertz CT molecular complexity index is 770. The lowest BCUT2D eigenvalue weighted by molar-refractivity contribution is -0.144. The van der Waals surface area contributed by atoms with Crippen molar-refractivity contribution in [3.63, 3.8) is 0 Å². The number of hydrogen-bond acceptors (Lipinski definition) is 5. The summed E-state index contributed by atoms with van der Waals surface area (Å²) in [5, 5.41) is 4.09. The number of amides is 1. The summed E-state index contributed by atoms with van der Waals surface area (Å²) in [6.07, 6.45) is -3.58. The summed E-state index contributed by atoms with van der Waals surface area (Å²) in [6.45, 7) is 3.70. The maximum Gasteiger partial charge on any atom is 0.451 e. The van der Waals surface area contributed by atoms with Gasteiger partial charge in [0.15, 0.2) is 0 Å². The van der Waals surface area contributed by atoms with Crippen molar-refractivity contribution in [2.24, 2.45) is 0 Å². The van der Waals surface area contributed by atoms with Gasteiger partial charge >= 0.3 is 6.18 Å². The quantitative estimate of drug-likeness (QED) is 0.638. The first-order valence-corrected chi connectivity index (χ1v) is 8.90. The number of anilines is 1. The van der Waals surface area contributed by atoms with Gasteiger partial charge in [-0.3, -0.25) is 9.80 Å². The zero-order valence-electron chi connectivity index (χ0n) is 14.7. The van der Waals surface area contributed by atoms with Crippen LogP contribution in [0.15, 0.2) is 41.0 Å². The predicted molar refractivity (Wildman–Crippen MR) is 98.8 cm³/mol. The molecule has 1 unspecified atom stereocenters. The fourth-order valence-corrected chi connectivity index (χ4v) is 2.55. The van der Waals surface area contributed by atoms with Crippen LogP contribution < -0.4 is 15.8 Å². The summed E-state index contributed by atoms with van der Waals surface area (Å²) in [5.74, 6) is -1.39. The van der Waals surface area contributed by atoms with Crippen molar-refractivity contribution < 1.29 is 18.0 Å². The molecule has 0 fully saturated rings. The number of carbonyl (C=O) groups is 1. The van der Waals surface area contributed by atoms with E-state index in [0.29, 0.717) is 0 Å². The Kier molecular flexibility index (Phi) is 7.14. The van der Waals surface area contributed by atoms with Gasteiger partial charge in [0.05, 0.1) is 6.54 Å². The second kappa shape index (κ2) is 9.14. The normalized spacial score (nSPS) is 12.5. The Balaban J connectivity index is 2.22. The zero-order valence-corrected chi connectivity index (χ0v) is 16.3. The summed E-state index contributed by atoms with van der Waals surface area (Å²) >= 11 is 3.36. The Morgan fingerprint density at radius 3 is 2.52 bits per heavy atom. The largest absolute Gasteiger partial charge is 0.451 e. The molecule has 0 saturated carbocycles. The fourth-order valence-electron chi connectivity index (χ4n) is 2.28. The average Bonchev–Trinajstić information content (AvgIpc) is 2.60. The van der Waals surface area contributed by atoms with E-state index in [0.717, 1.165) is 16.2 Å². The number of nitrogens with one attached hydrogen (secondary N) is 2. The second-order valence-corrected chi connectivity index (χ2v) is 6.69. The molecular formula is C17H19BrF3N5O. The lowest BCUT2D eigenvalue weighted by Crippen LogP contribution is -2.45. The van der Waals surface area contributed by atoms with E-state index < -0.39 is 12.0 Å². The van der Waals surface area contributed by atoms with Crippen molar-refractivity contribution >= 4 is 27.7 Å². The van der Waals surface area contributed by atoms with E-state index in [1.165, 1.54) is 18.0 Å². The Morgan fingerprint density at radius 2 is 1.93 bits per heavy atom. The number of rotatable bonds is 7. The third-order valence-corrected chi connectivity index (χ3v) is 4.13. The molecule has 27 heavy (non-hydrogen) atoms. The molecule has 1 aromatic carbocycles. The van der Waals surface area contributed by atoms with Crippen molar-refractivity contribution in [2.75, 3.05) is 18.1 Å². The molecule has 0 saturated heterocycles. The van der Waals surface area contributed by atoms with Gasteiger partial charge in [-0.15, -0.1) is 0 Å². The maximum absolute atomic E-state index is 12.9. The summed E-state index contributed by atoms with van der Waals surface area (Å²) < 4.78 is 39.7. The molecule has 0 radical (unpaired) electrons. The number of carbonyl (C=O) groups excluding carboxylic acids is 1. The molecule has 146 valence electrons. The van der Waals surface area contributed by atoms with Gasteiger partial charge in [0.25, 0.3) is 0 Å². The molecular weight excluding hydrogens is 427 g/mol. The third kappa shape index (κ3) is 6.47. The minimum Gasteiger partial charge on any atom is -0.355 e. The van der Waals surface area contributed by atoms with Crippen molar-refractivity contribution in [3.05, 3.63) is 52.4 Å². The van der Waals surface area contributed by atoms with Crippen LogP contribution in [0.25, 0.3) is 0 Å². The highest BCUT2D eigenvalue weighted by Gasteiger charge is 2.35. The average molecular weight is 446 g/mol. The number of halogens is 4. The van der Waals surface area contributed by atoms with Crippen LogP contribution in [0.2, 0.25) is 0 Å². The van der Waals surface area contributed by atoms with Gasteiger partial charge in [0, 0.05) is 36.2 Å². The van der Waals surface area contributed by atoms with E-state index in [1.54, 1.807) is 0 Å². The predicted octanol–water partition coefficient (Wildman–Crippen LogP) is 3.47. The Labute approximate surface area is 163 Å². The van der Waals surface area contributed by atoms with Crippen LogP contribution in [0.5, 0.6) is 0 Å². The highest BCUT2D eigenvalue weighted by atomic mass is 79.9. The van der Waals surface area contributed by atoms with Gasteiger partial charge in [-0.1, -0.05) is 28.1 Å². The van der Waals surface area contributed by atoms with Crippen molar-refractivity contribution in [1.82, 2.24) is 20.7 Å². The number of aromatic nitrogens is 2. The first kappa shape index (κ1) is 21.1. The molecule has 10 heteroatoms. The standard InChI is InChI=1S/C17H19BrF3N5O/c1-11(13-3-5-14(18)6-4-13)25-26(10-9-22-12(2)27)15-7-8-23-16(24-15)17(19,20)21/h3-8,11,25H,9-10H2,1-2H3,(H,22,27).